The maximum atomic E-state index is 12.5. The Balaban J connectivity index is 1.20. The van der Waals surface area contributed by atoms with Crippen molar-refractivity contribution in [3.8, 4) is 33.6 Å². The summed E-state index contributed by atoms with van der Waals surface area (Å²) >= 11 is 0. The van der Waals surface area contributed by atoms with Gasteiger partial charge in [0.2, 0.25) is 5.91 Å². The number of hydrogen-bond donors (Lipinski definition) is 1. The maximum absolute atomic E-state index is 12.5. The monoisotopic (exact) mass is 498 g/mol. The van der Waals surface area contributed by atoms with Crippen molar-refractivity contribution >= 4 is 5.91 Å². The minimum Gasteiger partial charge on any atom is -0.355 e. The molecule has 1 aliphatic rings. The summed E-state index contributed by atoms with van der Waals surface area (Å²) < 4.78 is 3.84. The predicted molar refractivity (Wildman–Crippen MR) is 143 cm³/mol. The first kappa shape index (κ1) is 24.8. The largest absolute Gasteiger partial charge is 0.355 e. The van der Waals surface area contributed by atoms with Crippen molar-refractivity contribution in [2.75, 3.05) is 27.2 Å². The van der Waals surface area contributed by atoms with E-state index in [1.165, 1.54) is 0 Å². The highest BCUT2D eigenvalue weighted by molar-refractivity contribution is 5.78. The van der Waals surface area contributed by atoms with Gasteiger partial charge in [0.05, 0.1) is 18.4 Å². The van der Waals surface area contributed by atoms with Crippen LogP contribution >= 0.6 is 0 Å². The van der Waals surface area contributed by atoms with Gasteiger partial charge in [-0.3, -0.25) is 14.2 Å². The Morgan fingerprint density at radius 1 is 0.919 bits per heavy atom. The SMILES string of the molecule is CN(C)CCNC(=O)[C@H]1CC[C@H](n2cc(-c3cnc(-c4cccc(-c5cnn(C)c5)c4)nc3)cn2)CC1. The first-order valence-corrected chi connectivity index (χ1v) is 12.8. The third-order valence-electron chi connectivity index (χ3n) is 7.05. The molecular formula is C28H34N8O. The van der Waals surface area contributed by atoms with Crippen LogP contribution in [0.3, 0.4) is 0 Å². The molecule has 1 amide bonds. The van der Waals surface area contributed by atoms with E-state index in [0.29, 0.717) is 18.4 Å². The lowest BCUT2D eigenvalue weighted by Crippen LogP contribution is -2.37. The first-order chi connectivity index (χ1) is 18.0. The van der Waals surface area contributed by atoms with Crippen molar-refractivity contribution in [2.45, 2.75) is 31.7 Å². The first-order valence-electron chi connectivity index (χ1n) is 12.8. The summed E-state index contributed by atoms with van der Waals surface area (Å²) in [6.07, 6.45) is 15.2. The molecule has 5 rings (SSSR count). The van der Waals surface area contributed by atoms with Crippen molar-refractivity contribution in [3.63, 3.8) is 0 Å². The molecule has 3 heterocycles. The number of aromatic nitrogens is 6. The van der Waals surface area contributed by atoms with Crippen molar-refractivity contribution in [1.29, 1.82) is 0 Å². The van der Waals surface area contributed by atoms with E-state index < -0.39 is 0 Å². The highest BCUT2D eigenvalue weighted by Crippen LogP contribution is 2.33. The lowest BCUT2D eigenvalue weighted by Gasteiger charge is -2.28. The van der Waals surface area contributed by atoms with Crippen molar-refractivity contribution in [3.05, 3.63) is 61.4 Å². The number of hydrogen-bond acceptors (Lipinski definition) is 6. The second kappa shape index (κ2) is 11.0. The van der Waals surface area contributed by atoms with Gasteiger partial charge < -0.3 is 10.2 Å². The summed E-state index contributed by atoms with van der Waals surface area (Å²) in [5.41, 5.74) is 5.05. The van der Waals surface area contributed by atoms with Crippen LogP contribution in [0.25, 0.3) is 33.6 Å². The molecule has 192 valence electrons. The van der Waals surface area contributed by atoms with E-state index in [4.69, 9.17) is 0 Å². The van der Waals surface area contributed by atoms with Gasteiger partial charge in [0.25, 0.3) is 0 Å². The second-order valence-electron chi connectivity index (χ2n) is 10.1. The van der Waals surface area contributed by atoms with Gasteiger partial charge in [0, 0.05) is 73.1 Å². The van der Waals surface area contributed by atoms with Crippen LogP contribution in [0.4, 0.5) is 0 Å². The van der Waals surface area contributed by atoms with E-state index >= 15 is 0 Å². The molecule has 1 aromatic carbocycles. The molecule has 9 heteroatoms. The number of carbonyl (C=O) groups excluding carboxylic acids is 1. The van der Waals surface area contributed by atoms with Crippen LogP contribution in [0, 0.1) is 5.92 Å². The van der Waals surface area contributed by atoms with Crippen molar-refractivity contribution < 1.29 is 4.79 Å². The van der Waals surface area contributed by atoms with Gasteiger partial charge in [-0.25, -0.2) is 9.97 Å². The smallest absolute Gasteiger partial charge is 0.223 e. The van der Waals surface area contributed by atoms with Gasteiger partial charge in [0.15, 0.2) is 5.82 Å². The number of nitrogens with zero attached hydrogens (tertiary/aromatic N) is 7. The zero-order chi connectivity index (χ0) is 25.8. The number of nitrogens with one attached hydrogen (secondary N) is 1. The Bertz CT molecular complexity index is 1330. The van der Waals surface area contributed by atoms with Crippen LogP contribution in [-0.4, -0.2) is 67.5 Å². The van der Waals surface area contributed by atoms with Crippen LogP contribution in [0.5, 0.6) is 0 Å². The molecule has 1 N–H and O–H groups in total. The Kier molecular flexibility index (Phi) is 7.41. The quantitative estimate of drug-likeness (QED) is 0.397. The molecule has 1 saturated carbocycles. The van der Waals surface area contributed by atoms with Gasteiger partial charge in [0.1, 0.15) is 0 Å². The highest BCUT2D eigenvalue weighted by Gasteiger charge is 2.27. The molecule has 4 aromatic rings. The van der Waals surface area contributed by atoms with Gasteiger partial charge >= 0.3 is 0 Å². The van der Waals surface area contributed by atoms with Gasteiger partial charge in [-0.15, -0.1) is 0 Å². The fraction of sp³-hybridized carbons (Fsp3) is 0.393. The second-order valence-corrected chi connectivity index (χ2v) is 10.1. The summed E-state index contributed by atoms with van der Waals surface area (Å²) in [6, 6.07) is 8.50. The van der Waals surface area contributed by atoms with Crippen LogP contribution in [0.1, 0.15) is 31.7 Å². The third kappa shape index (κ3) is 5.94. The lowest BCUT2D eigenvalue weighted by atomic mass is 9.85. The molecule has 1 fully saturated rings. The number of carbonyl (C=O) groups is 1. The summed E-state index contributed by atoms with van der Waals surface area (Å²) in [7, 11) is 5.94. The summed E-state index contributed by atoms with van der Waals surface area (Å²) in [5.74, 6) is 0.972. The van der Waals surface area contributed by atoms with Crippen LogP contribution < -0.4 is 5.32 Å². The van der Waals surface area contributed by atoms with Gasteiger partial charge in [-0.2, -0.15) is 10.2 Å². The summed E-state index contributed by atoms with van der Waals surface area (Å²) in [5, 5.41) is 12.0. The molecule has 0 saturated heterocycles. The summed E-state index contributed by atoms with van der Waals surface area (Å²) in [4.78, 5) is 23.8. The molecule has 0 spiro atoms. The summed E-state index contributed by atoms with van der Waals surface area (Å²) in [6.45, 7) is 1.56. The Morgan fingerprint density at radius 3 is 2.32 bits per heavy atom. The Morgan fingerprint density at radius 2 is 1.62 bits per heavy atom. The van der Waals surface area contributed by atoms with E-state index in [-0.39, 0.29) is 11.8 Å². The zero-order valence-electron chi connectivity index (χ0n) is 21.7. The van der Waals surface area contributed by atoms with E-state index in [9.17, 15) is 4.79 Å². The molecule has 3 aromatic heterocycles. The average Bonchev–Trinajstić information content (AvgIpc) is 3.58. The molecule has 0 atom stereocenters. The number of likely N-dealkylation sites (N-methyl/N-ethyl adjacent to an activating group) is 1. The van der Waals surface area contributed by atoms with Crippen molar-refractivity contribution in [2.24, 2.45) is 13.0 Å². The number of rotatable bonds is 8. The topological polar surface area (TPSA) is 93.8 Å². The zero-order valence-corrected chi connectivity index (χ0v) is 21.7. The predicted octanol–water partition coefficient (Wildman–Crippen LogP) is 3.82. The van der Waals surface area contributed by atoms with E-state index in [1.54, 1.807) is 4.68 Å². The fourth-order valence-corrected chi connectivity index (χ4v) is 4.87. The highest BCUT2D eigenvalue weighted by atomic mass is 16.1. The number of aryl methyl sites for hydroxylation is 1. The molecule has 0 unspecified atom stereocenters. The number of benzene rings is 1. The molecule has 9 nitrogen and oxygen atoms in total. The average molecular weight is 499 g/mol. The fourth-order valence-electron chi connectivity index (χ4n) is 4.87. The molecular weight excluding hydrogens is 464 g/mol. The van der Waals surface area contributed by atoms with E-state index in [1.807, 2.05) is 68.9 Å². The number of amides is 1. The van der Waals surface area contributed by atoms with Crippen LogP contribution in [0.2, 0.25) is 0 Å². The molecule has 0 aliphatic heterocycles. The minimum absolute atomic E-state index is 0.103. The molecule has 0 radical (unpaired) electrons. The van der Waals surface area contributed by atoms with Gasteiger partial charge in [-0.05, 0) is 51.4 Å². The van der Waals surface area contributed by atoms with E-state index in [0.717, 1.165) is 60.0 Å². The standard InChI is InChI=1S/C28H34N8O/c1-34(2)12-11-29-28(37)20-7-9-26(10-8-20)36-19-25(17-33-36)23-14-30-27(31-15-23)22-6-4-5-21(13-22)24-16-32-35(3)18-24/h4-6,13-20,26H,7-12H2,1-3H3,(H,29,37)/t20-,26-. The van der Waals surface area contributed by atoms with Crippen molar-refractivity contribution in [1.82, 2.24) is 39.7 Å². The molecule has 0 bridgehead atoms. The maximum Gasteiger partial charge on any atom is 0.223 e. The van der Waals surface area contributed by atoms with Crippen LogP contribution in [-0.2, 0) is 11.8 Å². The van der Waals surface area contributed by atoms with Gasteiger partial charge in [-0.1, -0.05) is 18.2 Å². The third-order valence-corrected chi connectivity index (χ3v) is 7.05. The molecule has 37 heavy (non-hydrogen) atoms. The minimum atomic E-state index is 0.103. The molecule has 1 aliphatic carbocycles. The van der Waals surface area contributed by atoms with E-state index in [2.05, 4.69) is 48.7 Å². The van der Waals surface area contributed by atoms with Crippen LogP contribution in [0.15, 0.2) is 61.4 Å². The normalized spacial score (nSPS) is 17.7. The Hall–Kier alpha value is -3.85. The Labute approximate surface area is 217 Å². The lowest BCUT2D eigenvalue weighted by molar-refractivity contribution is -0.126.